The fourth-order valence-electron chi connectivity index (χ4n) is 11.4. The standard InChI is InChI=1S/C64H50N4O4/c1-33-10-18-47-51(23-33)60(46-17-9-34(2)24-52(46)61(47)42-14-12-40-22-35(3)21-36(4)49(40)28-42)41-13-11-39-27-50(37(5)25-43(39)26-41)64(72)66-44-16-20-56-53(29-44)63(71)55-32-59-54(31-58(55)67(56)7)62(70)48-19-15-45(65-38(6)69)30-57(48)68(59)8/h9-32H,1-8H3,(H,65,69)(H,66,72). The molecule has 0 saturated heterocycles. The summed E-state index contributed by atoms with van der Waals surface area (Å²) in [5.74, 6) is -0.493. The molecule has 72 heavy (non-hydrogen) atoms. The van der Waals surface area contributed by atoms with E-state index in [1.165, 1.54) is 78.2 Å². The predicted molar refractivity (Wildman–Crippen MR) is 300 cm³/mol. The molecule has 8 nitrogen and oxygen atoms in total. The minimum Gasteiger partial charge on any atom is -0.343 e. The van der Waals surface area contributed by atoms with Crippen molar-refractivity contribution >= 4 is 110 Å². The fourth-order valence-corrected chi connectivity index (χ4v) is 11.4. The predicted octanol–water partition coefficient (Wildman–Crippen LogP) is 14.4. The van der Waals surface area contributed by atoms with Crippen molar-refractivity contribution < 1.29 is 9.59 Å². The maximum atomic E-state index is 14.4. The quantitative estimate of drug-likeness (QED) is 0.168. The topological polar surface area (TPSA) is 102 Å². The lowest BCUT2D eigenvalue weighted by molar-refractivity contribution is -0.114. The largest absolute Gasteiger partial charge is 0.343 e. The van der Waals surface area contributed by atoms with Crippen LogP contribution in [0.15, 0.2) is 155 Å². The van der Waals surface area contributed by atoms with E-state index < -0.39 is 0 Å². The van der Waals surface area contributed by atoms with Gasteiger partial charge in [-0.05, 0) is 178 Å². The van der Waals surface area contributed by atoms with Crippen LogP contribution in [0.25, 0.3) is 109 Å². The summed E-state index contributed by atoms with van der Waals surface area (Å²) < 4.78 is 3.79. The van der Waals surface area contributed by atoms with E-state index in [-0.39, 0.29) is 22.7 Å². The number of aryl methyl sites for hydroxylation is 7. The Hall–Kier alpha value is -8.88. The van der Waals surface area contributed by atoms with Gasteiger partial charge in [-0.1, -0.05) is 95.6 Å². The van der Waals surface area contributed by atoms with Crippen molar-refractivity contribution in [2.45, 2.75) is 41.5 Å². The van der Waals surface area contributed by atoms with E-state index in [4.69, 9.17) is 0 Å². The molecule has 0 radical (unpaired) electrons. The van der Waals surface area contributed by atoms with Crippen LogP contribution in [-0.2, 0) is 18.9 Å². The molecule has 0 fully saturated rings. The highest BCUT2D eigenvalue weighted by Crippen LogP contribution is 2.46. The number of anilines is 2. The van der Waals surface area contributed by atoms with Crippen LogP contribution in [0.3, 0.4) is 0 Å². The number of nitrogens with one attached hydrogen (secondary N) is 2. The van der Waals surface area contributed by atoms with Gasteiger partial charge in [0.05, 0.1) is 22.1 Å². The van der Waals surface area contributed by atoms with Crippen molar-refractivity contribution in [1.29, 1.82) is 0 Å². The molecular weight excluding hydrogens is 889 g/mol. The van der Waals surface area contributed by atoms with Gasteiger partial charge < -0.3 is 19.8 Å². The molecule has 0 aliphatic heterocycles. The number of carbonyl (C=O) groups excluding carboxylic acids is 2. The van der Waals surface area contributed by atoms with E-state index in [1.54, 1.807) is 42.5 Å². The summed E-state index contributed by atoms with van der Waals surface area (Å²) in [5, 5.41) is 17.0. The number of benzene rings is 10. The summed E-state index contributed by atoms with van der Waals surface area (Å²) in [6, 6.07) is 49.7. The first-order chi connectivity index (χ1) is 34.6. The lowest BCUT2D eigenvalue weighted by atomic mass is 9.84. The number of carbonyl (C=O) groups is 2. The molecule has 8 heteroatoms. The van der Waals surface area contributed by atoms with Crippen LogP contribution in [0.1, 0.15) is 45.1 Å². The SMILES string of the molecule is CC(=O)Nc1ccc2c(=O)c3cc4c(cc3n(C)c2c1)c(=O)c1cc(NC(=O)c2cc3ccc(-c5c6ccc(C)cc6c(-c6ccc7cc(C)cc(C)c7c6)c6ccc(C)cc56)cc3cc2C)ccc1n4C. The van der Waals surface area contributed by atoms with Gasteiger partial charge in [-0.3, -0.25) is 19.2 Å². The average molecular weight is 939 g/mol. The van der Waals surface area contributed by atoms with Crippen LogP contribution in [0.5, 0.6) is 0 Å². The van der Waals surface area contributed by atoms with Crippen LogP contribution < -0.4 is 21.5 Å². The van der Waals surface area contributed by atoms with Crippen LogP contribution in [0.4, 0.5) is 11.4 Å². The van der Waals surface area contributed by atoms with Crippen LogP contribution in [-0.4, -0.2) is 20.9 Å². The number of hydrogen-bond donors (Lipinski definition) is 2. The second kappa shape index (κ2) is 16.4. The van der Waals surface area contributed by atoms with E-state index in [9.17, 15) is 19.2 Å². The van der Waals surface area contributed by atoms with E-state index in [2.05, 4.69) is 129 Å². The third-order valence-electron chi connectivity index (χ3n) is 14.8. The summed E-state index contributed by atoms with van der Waals surface area (Å²) >= 11 is 0. The first kappa shape index (κ1) is 44.3. The maximum Gasteiger partial charge on any atom is 0.255 e. The first-order valence-electron chi connectivity index (χ1n) is 24.2. The molecule has 350 valence electrons. The Morgan fingerprint density at radius 3 is 1.61 bits per heavy atom. The average Bonchev–Trinajstić information content (AvgIpc) is 3.35. The molecule has 0 unspecified atom stereocenters. The first-order valence-corrected chi connectivity index (χ1v) is 24.2. The van der Waals surface area contributed by atoms with Gasteiger partial charge in [0, 0.05) is 59.5 Å². The second-order valence-corrected chi connectivity index (χ2v) is 19.9. The third kappa shape index (κ3) is 7.04. The summed E-state index contributed by atoms with van der Waals surface area (Å²) in [4.78, 5) is 54.3. The molecule has 0 saturated carbocycles. The molecule has 10 aromatic carbocycles. The van der Waals surface area contributed by atoms with Crippen molar-refractivity contribution in [3.63, 3.8) is 0 Å². The number of amides is 2. The van der Waals surface area contributed by atoms with Crippen LogP contribution in [0.2, 0.25) is 0 Å². The van der Waals surface area contributed by atoms with Crippen molar-refractivity contribution in [2.75, 3.05) is 10.6 Å². The zero-order valence-electron chi connectivity index (χ0n) is 41.4. The molecular formula is C64H50N4O4. The number of rotatable bonds is 5. The summed E-state index contributed by atoms with van der Waals surface area (Å²) in [5.41, 5.74) is 14.2. The second-order valence-electron chi connectivity index (χ2n) is 19.9. The van der Waals surface area contributed by atoms with Crippen molar-refractivity contribution in [1.82, 2.24) is 9.13 Å². The Morgan fingerprint density at radius 2 is 0.944 bits per heavy atom. The van der Waals surface area contributed by atoms with Gasteiger partial charge in [0.1, 0.15) is 0 Å². The van der Waals surface area contributed by atoms with E-state index in [0.717, 1.165) is 21.9 Å². The number of aromatic nitrogens is 2. The smallest absolute Gasteiger partial charge is 0.255 e. The third-order valence-corrected chi connectivity index (χ3v) is 14.8. The molecule has 0 aliphatic rings. The molecule has 2 aromatic heterocycles. The Balaban J connectivity index is 0.918. The Labute approximate surface area is 414 Å². The van der Waals surface area contributed by atoms with Gasteiger partial charge in [-0.2, -0.15) is 0 Å². The fraction of sp³-hybridized carbons (Fsp3) is 0.125. The van der Waals surface area contributed by atoms with Gasteiger partial charge in [-0.25, -0.2) is 0 Å². The van der Waals surface area contributed by atoms with Crippen molar-refractivity contribution in [3.8, 4) is 22.3 Å². The number of pyridine rings is 2. The Morgan fingerprint density at radius 1 is 0.389 bits per heavy atom. The van der Waals surface area contributed by atoms with Gasteiger partial charge in [0.2, 0.25) is 5.91 Å². The Kier molecular flexibility index (Phi) is 10.1. The Bertz CT molecular complexity index is 4580. The van der Waals surface area contributed by atoms with E-state index >= 15 is 0 Å². The summed E-state index contributed by atoms with van der Waals surface area (Å²) in [6.45, 7) is 12.1. The lowest BCUT2D eigenvalue weighted by Gasteiger charge is -2.20. The molecule has 0 spiro atoms. The van der Waals surface area contributed by atoms with Crippen molar-refractivity contribution in [3.05, 3.63) is 199 Å². The van der Waals surface area contributed by atoms with Crippen molar-refractivity contribution in [2.24, 2.45) is 14.1 Å². The maximum absolute atomic E-state index is 14.4. The monoisotopic (exact) mass is 938 g/mol. The molecule has 0 bridgehead atoms. The van der Waals surface area contributed by atoms with Gasteiger partial charge >= 0.3 is 0 Å². The summed E-state index contributed by atoms with van der Waals surface area (Å²) in [6.07, 6.45) is 0. The molecule has 2 heterocycles. The lowest BCUT2D eigenvalue weighted by Crippen LogP contribution is -2.15. The molecule has 0 atom stereocenters. The minimum atomic E-state index is -0.278. The minimum absolute atomic E-state index is 0.162. The van der Waals surface area contributed by atoms with E-state index in [0.29, 0.717) is 60.5 Å². The molecule has 2 N–H and O–H groups in total. The highest BCUT2D eigenvalue weighted by molar-refractivity contribution is 6.22. The van der Waals surface area contributed by atoms with Crippen LogP contribution >= 0.6 is 0 Å². The molecule has 0 aliphatic carbocycles. The molecule has 12 rings (SSSR count). The zero-order chi connectivity index (χ0) is 50.0. The number of hydrogen-bond acceptors (Lipinski definition) is 4. The molecule has 12 aromatic rings. The zero-order valence-corrected chi connectivity index (χ0v) is 41.4. The van der Waals surface area contributed by atoms with E-state index in [1.807, 2.05) is 42.3 Å². The molecule has 2 amide bonds. The normalized spacial score (nSPS) is 11.8. The van der Waals surface area contributed by atoms with Gasteiger partial charge in [0.15, 0.2) is 10.9 Å². The highest BCUT2D eigenvalue weighted by atomic mass is 16.2. The number of nitrogens with zero attached hydrogens (tertiary/aromatic N) is 2. The van der Waals surface area contributed by atoms with Gasteiger partial charge in [0.25, 0.3) is 5.91 Å². The highest BCUT2D eigenvalue weighted by Gasteiger charge is 2.21. The summed E-state index contributed by atoms with van der Waals surface area (Å²) in [7, 11) is 3.72. The van der Waals surface area contributed by atoms with Gasteiger partial charge in [-0.15, -0.1) is 0 Å². The van der Waals surface area contributed by atoms with Crippen LogP contribution in [0, 0.1) is 34.6 Å². The number of fused-ring (bicyclic) bond motifs is 8.